The van der Waals surface area contributed by atoms with Gasteiger partial charge >= 0.3 is 6.36 Å². The van der Waals surface area contributed by atoms with E-state index in [9.17, 15) is 21.6 Å². The summed E-state index contributed by atoms with van der Waals surface area (Å²) in [6, 6.07) is 14.3. The standard InChI is InChI=1S/C25H26F3N5O3S/c1-30-37(34,35)14-13-33-24-9-6-20(19-4-7-21(8-5-19)36-25(26,27)28)15-22(24)23(29)10-12-32-17-18-3-2-11-31-16-18/h2-12,15-16,29-30,32-33H,13-14,17H2,1H3/b12-10-,29-23?. The zero-order chi connectivity index (χ0) is 26.9. The molecular formula is C25H26F3N5O3S. The number of sulfonamides is 1. The number of rotatable bonds is 12. The molecule has 37 heavy (non-hydrogen) atoms. The predicted molar refractivity (Wildman–Crippen MR) is 137 cm³/mol. The maximum absolute atomic E-state index is 12.5. The summed E-state index contributed by atoms with van der Waals surface area (Å²) in [5, 5.41) is 14.7. The molecule has 0 fully saturated rings. The molecule has 0 aliphatic rings. The van der Waals surface area contributed by atoms with Crippen LogP contribution in [0.2, 0.25) is 0 Å². The van der Waals surface area contributed by atoms with Crippen molar-refractivity contribution in [3.63, 3.8) is 0 Å². The third-order valence-electron chi connectivity index (χ3n) is 5.13. The van der Waals surface area contributed by atoms with Gasteiger partial charge in [-0.2, -0.15) is 0 Å². The van der Waals surface area contributed by atoms with Crippen LogP contribution < -0.4 is 20.1 Å². The number of nitrogens with zero attached hydrogens (tertiary/aromatic N) is 1. The number of pyridine rings is 1. The monoisotopic (exact) mass is 533 g/mol. The van der Waals surface area contributed by atoms with Gasteiger partial charge in [0.1, 0.15) is 5.75 Å². The molecule has 0 atom stereocenters. The number of aromatic nitrogens is 1. The van der Waals surface area contributed by atoms with Crippen LogP contribution in [0.5, 0.6) is 5.75 Å². The number of anilines is 1. The van der Waals surface area contributed by atoms with E-state index in [2.05, 4.69) is 25.1 Å². The molecule has 1 aromatic heterocycles. The number of benzene rings is 2. The van der Waals surface area contributed by atoms with Crippen molar-refractivity contribution in [1.82, 2.24) is 15.0 Å². The molecule has 1 heterocycles. The Kier molecular flexibility index (Phi) is 9.25. The van der Waals surface area contributed by atoms with Gasteiger partial charge in [0.25, 0.3) is 0 Å². The van der Waals surface area contributed by atoms with E-state index in [-0.39, 0.29) is 23.8 Å². The van der Waals surface area contributed by atoms with Gasteiger partial charge in [0, 0.05) is 36.7 Å². The van der Waals surface area contributed by atoms with Crippen molar-refractivity contribution in [2.24, 2.45) is 0 Å². The molecule has 4 N–H and O–H groups in total. The first-order valence-electron chi connectivity index (χ1n) is 11.1. The molecule has 0 bridgehead atoms. The number of ether oxygens (including phenoxy) is 1. The average Bonchev–Trinajstić information content (AvgIpc) is 2.87. The molecule has 0 unspecified atom stereocenters. The van der Waals surface area contributed by atoms with Crippen LogP contribution in [0.25, 0.3) is 11.1 Å². The molecular weight excluding hydrogens is 507 g/mol. The molecule has 0 aliphatic carbocycles. The fourth-order valence-corrected chi connectivity index (χ4v) is 3.86. The van der Waals surface area contributed by atoms with Crippen LogP contribution in [0.15, 0.2) is 79.3 Å². The molecule has 0 saturated heterocycles. The highest BCUT2D eigenvalue weighted by Gasteiger charge is 2.31. The fraction of sp³-hybridized carbons (Fsp3) is 0.200. The Bertz CT molecular complexity index is 1330. The van der Waals surface area contributed by atoms with Gasteiger partial charge in [-0.15, -0.1) is 13.2 Å². The van der Waals surface area contributed by atoms with Gasteiger partial charge in [-0.25, -0.2) is 13.1 Å². The van der Waals surface area contributed by atoms with Crippen molar-refractivity contribution >= 4 is 21.4 Å². The van der Waals surface area contributed by atoms with E-state index in [0.717, 1.165) is 5.56 Å². The van der Waals surface area contributed by atoms with Gasteiger partial charge in [-0.05, 0) is 66.3 Å². The SMILES string of the molecule is CNS(=O)(=O)CCNc1ccc(-c2ccc(OC(F)(F)F)cc2)cc1C(=N)/C=C\NCc1cccnc1. The maximum Gasteiger partial charge on any atom is 0.573 e. The molecule has 2 aromatic carbocycles. The lowest BCUT2D eigenvalue weighted by Crippen LogP contribution is -2.26. The van der Waals surface area contributed by atoms with E-state index in [1.54, 1.807) is 42.9 Å². The molecule has 196 valence electrons. The number of halogens is 3. The average molecular weight is 534 g/mol. The molecule has 8 nitrogen and oxygen atoms in total. The largest absolute Gasteiger partial charge is 0.573 e. The quantitative estimate of drug-likeness (QED) is 0.258. The number of hydrogen-bond donors (Lipinski definition) is 4. The molecule has 3 rings (SSSR count). The van der Waals surface area contributed by atoms with Crippen molar-refractivity contribution in [1.29, 1.82) is 5.41 Å². The van der Waals surface area contributed by atoms with Crippen molar-refractivity contribution in [3.05, 3.63) is 90.4 Å². The predicted octanol–water partition coefficient (Wildman–Crippen LogP) is 4.28. The molecule has 12 heteroatoms. The fourth-order valence-electron chi connectivity index (χ4n) is 3.28. The van der Waals surface area contributed by atoms with Crippen molar-refractivity contribution in [3.8, 4) is 16.9 Å². The number of allylic oxidation sites excluding steroid dienone is 1. The third kappa shape index (κ3) is 8.92. The Labute approximate surface area is 213 Å². The van der Waals surface area contributed by atoms with Crippen LogP contribution in [0, 0.1) is 5.41 Å². The topological polar surface area (TPSA) is 116 Å². The molecule has 3 aromatic rings. The van der Waals surface area contributed by atoms with Crippen molar-refractivity contribution in [2.45, 2.75) is 12.9 Å². The van der Waals surface area contributed by atoms with E-state index in [1.807, 2.05) is 12.1 Å². The Hall–Kier alpha value is -3.90. The summed E-state index contributed by atoms with van der Waals surface area (Å²) in [5.74, 6) is -0.503. The van der Waals surface area contributed by atoms with E-state index >= 15 is 0 Å². The van der Waals surface area contributed by atoms with Crippen molar-refractivity contribution in [2.75, 3.05) is 24.7 Å². The lowest BCUT2D eigenvalue weighted by atomic mass is 9.99. The lowest BCUT2D eigenvalue weighted by Gasteiger charge is -2.14. The van der Waals surface area contributed by atoms with Gasteiger partial charge in [0.15, 0.2) is 0 Å². The zero-order valence-electron chi connectivity index (χ0n) is 19.8. The van der Waals surface area contributed by atoms with Gasteiger partial charge < -0.3 is 20.8 Å². The summed E-state index contributed by atoms with van der Waals surface area (Å²) >= 11 is 0. The summed E-state index contributed by atoms with van der Waals surface area (Å²) in [5.41, 5.74) is 3.39. The molecule has 0 spiro atoms. The van der Waals surface area contributed by atoms with E-state index in [0.29, 0.717) is 28.9 Å². The first-order valence-corrected chi connectivity index (χ1v) is 12.7. The second-order valence-electron chi connectivity index (χ2n) is 7.77. The first kappa shape index (κ1) is 27.7. The maximum atomic E-state index is 12.5. The summed E-state index contributed by atoms with van der Waals surface area (Å²) in [4.78, 5) is 4.05. The van der Waals surface area contributed by atoms with Gasteiger partial charge in [0.2, 0.25) is 10.0 Å². The van der Waals surface area contributed by atoms with Crippen LogP contribution in [0.4, 0.5) is 18.9 Å². The van der Waals surface area contributed by atoms with Gasteiger partial charge in [-0.3, -0.25) is 4.98 Å². The van der Waals surface area contributed by atoms with Gasteiger partial charge in [0.05, 0.1) is 11.5 Å². The minimum absolute atomic E-state index is 0.106. The summed E-state index contributed by atoms with van der Waals surface area (Å²) < 4.78 is 67.1. The molecule has 0 saturated carbocycles. The highest BCUT2D eigenvalue weighted by atomic mass is 32.2. The zero-order valence-corrected chi connectivity index (χ0v) is 20.7. The Morgan fingerprint density at radius 1 is 1.11 bits per heavy atom. The highest BCUT2D eigenvalue weighted by molar-refractivity contribution is 7.89. The van der Waals surface area contributed by atoms with E-state index in [1.165, 1.54) is 31.3 Å². The van der Waals surface area contributed by atoms with E-state index < -0.39 is 16.4 Å². The normalized spacial score (nSPS) is 11.9. The summed E-state index contributed by atoms with van der Waals surface area (Å²) in [6.07, 6.45) is 1.80. The van der Waals surface area contributed by atoms with Crippen LogP contribution in [-0.2, 0) is 16.6 Å². The van der Waals surface area contributed by atoms with Crippen LogP contribution in [0.1, 0.15) is 11.1 Å². The number of nitrogens with one attached hydrogen (secondary N) is 4. The Balaban J connectivity index is 1.81. The lowest BCUT2D eigenvalue weighted by molar-refractivity contribution is -0.274. The van der Waals surface area contributed by atoms with Gasteiger partial charge in [-0.1, -0.05) is 24.3 Å². The third-order valence-corrected chi connectivity index (χ3v) is 6.49. The second kappa shape index (κ2) is 12.4. The van der Waals surface area contributed by atoms with Crippen LogP contribution in [0.3, 0.4) is 0 Å². The van der Waals surface area contributed by atoms with E-state index in [4.69, 9.17) is 5.41 Å². The number of alkyl halides is 3. The summed E-state index contributed by atoms with van der Waals surface area (Å²) in [6.45, 7) is 0.617. The smallest absolute Gasteiger partial charge is 0.406 e. The minimum atomic E-state index is -4.78. The first-order chi connectivity index (χ1) is 17.6. The summed E-state index contributed by atoms with van der Waals surface area (Å²) in [7, 11) is -2.09. The van der Waals surface area contributed by atoms with Crippen molar-refractivity contribution < 1.29 is 26.3 Å². The minimum Gasteiger partial charge on any atom is -0.406 e. The highest BCUT2D eigenvalue weighted by Crippen LogP contribution is 2.29. The Morgan fingerprint density at radius 2 is 1.84 bits per heavy atom. The number of hydrogen-bond acceptors (Lipinski definition) is 7. The molecule has 0 aliphatic heterocycles. The molecule has 0 radical (unpaired) electrons. The Morgan fingerprint density at radius 3 is 2.49 bits per heavy atom. The van der Waals surface area contributed by atoms with Crippen LogP contribution in [-0.4, -0.2) is 44.8 Å². The second-order valence-corrected chi connectivity index (χ2v) is 9.82. The van der Waals surface area contributed by atoms with Crippen LogP contribution >= 0.6 is 0 Å². The molecule has 0 amide bonds.